The molecule has 268 valence electrons. The third kappa shape index (κ3) is 7.10. The molecule has 0 fully saturated rings. The molecule has 0 aliphatic rings. The van der Waals surface area contributed by atoms with Gasteiger partial charge in [-0.3, -0.25) is 4.55 Å². The Kier molecular flexibility index (Phi) is 9.97. The molecule has 0 saturated carbocycles. The summed E-state index contributed by atoms with van der Waals surface area (Å²) in [7, 11) is -2.43. The smallest absolute Gasteiger partial charge is 0.294 e. The number of hydrogen-bond acceptors (Lipinski definition) is 4. The standard InChI is InChI=1S/C46H45N3O3S/c1-6-48(37-21-13-32(3)14-22-37)39-25-17-34(18-26-39)44(35-19-27-40(28-20-35)49(7-2)38-23-15-33(4)16-24-38)45-42-31-41(53(50,51)52)29-30-43(42)47(5)46(45)36-11-9-8-10-12-36/h8-31,44H,6-7H2,1-5H3,(H,50,51,52). The van der Waals surface area contributed by atoms with Gasteiger partial charge in [-0.15, -0.1) is 0 Å². The van der Waals surface area contributed by atoms with E-state index in [4.69, 9.17) is 0 Å². The summed E-state index contributed by atoms with van der Waals surface area (Å²) in [5.74, 6) is -0.280. The van der Waals surface area contributed by atoms with E-state index >= 15 is 0 Å². The third-order valence-corrected chi connectivity index (χ3v) is 11.1. The highest BCUT2D eigenvalue weighted by atomic mass is 32.2. The maximum absolute atomic E-state index is 12.5. The Morgan fingerprint density at radius 2 is 1.04 bits per heavy atom. The van der Waals surface area contributed by atoms with Crippen LogP contribution in [0, 0.1) is 13.8 Å². The normalized spacial score (nSPS) is 11.7. The molecule has 1 N–H and O–H groups in total. The van der Waals surface area contributed by atoms with Gasteiger partial charge in [0.2, 0.25) is 0 Å². The fourth-order valence-electron chi connectivity index (χ4n) is 7.55. The van der Waals surface area contributed by atoms with Gasteiger partial charge in [-0.05, 0) is 117 Å². The summed E-state index contributed by atoms with van der Waals surface area (Å²) in [5.41, 5.74) is 12.8. The number of aromatic nitrogens is 1. The zero-order chi connectivity index (χ0) is 37.3. The molecule has 0 saturated heterocycles. The van der Waals surface area contributed by atoms with Crippen molar-refractivity contribution in [2.75, 3.05) is 22.9 Å². The number of aryl methyl sites for hydroxylation is 3. The maximum Gasteiger partial charge on any atom is 0.294 e. The SMILES string of the molecule is CCN(c1ccc(C)cc1)c1ccc(C(c2ccc(N(CC)c3ccc(C)cc3)cc2)c2c(-c3ccccc3)n(C)c3ccc(S(=O)(=O)O)cc23)cc1. The molecule has 6 aromatic carbocycles. The van der Waals surface area contributed by atoms with E-state index in [1.54, 1.807) is 12.1 Å². The molecule has 0 unspecified atom stereocenters. The number of anilines is 4. The van der Waals surface area contributed by atoms with Gasteiger partial charge in [0.05, 0.1) is 10.6 Å². The van der Waals surface area contributed by atoms with Gasteiger partial charge in [-0.2, -0.15) is 8.42 Å². The molecule has 1 aromatic heterocycles. The monoisotopic (exact) mass is 719 g/mol. The molecular formula is C46H45N3O3S. The van der Waals surface area contributed by atoms with E-state index in [1.807, 2.05) is 25.2 Å². The molecule has 7 rings (SSSR count). The fourth-order valence-corrected chi connectivity index (χ4v) is 8.05. The molecule has 7 aromatic rings. The van der Waals surface area contributed by atoms with Crippen LogP contribution in [0.4, 0.5) is 22.7 Å². The number of nitrogens with zero attached hydrogens (tertiary/aromatic N) is 3. The second-order valence-electron chi connectivity index (χ2n) is 13.6. The van der Waals surface area contributed by atoms with Gasteiger partial charge in [0.25, 0.3) is 10.1 Å². The van der Waals surface area contributed by atoms with Gasteiger partial charge in [0, 0.05) is 59.7 Å². The minimum Gasteiger partial charge on any atom is -0.343 e. The zero-order valence-corrected chi connectivity index (χ0v) is 31.7. The number of hydrogen-bond donors (Lipinski definition) is 1. The summed E-state index contributed by atoms with van der Waals surface area (Å²) in [6.45, 7) is 10.1. The summed E-state index contributed by atoms with van der Waals surface area (Å²) in [5, 5.41) is 0.768. The molecule has 7 heteroatoms. The van der Waals surface area contributed by atoms with Crippen LogP contribution in [-0.4, -0.2) is 30.6 Å². The lowest BCUT2D eigenvalue weighted by atomic mass is 9.82. The summed E-state index contributed by atoms with van der Waals surface area (Å²) in [6, 6.07) is 49.7. The lowest BCUT2D eigenvalue weighted by molar-refractivity contribution is 0.483. The Hall–Kier alpha value is -5.63. The first-order valence-electron chi connectivity index (χ1n) is 18.1. The van der Waals surface area contributed by atoms with Gasteiger partial charge in [-0.25, -0.2) is 0 Å². The van der Waals surface area contributed by atoms with E-state index in [0.717, 1.165) is 74.7 Å². The van der Waals surface area contributed by atoms with Crippen LogP contribution < -0.4 is 9.80 Å². The van der Waals surface area contributed by atoms with Gasteiger partial charge < -0.3 is 14.4 Å². The predicted octanol–water partition coefficient (Wildman–Crippen LogP) is 11.2. The first kappa shape index (κ1) is 35.8. The highest BCUT2D eigenvalue weighted by Crippen LogP contribution is 2.45. The van der Waals surface area contributed by atoms with Crippen molar-refractivity contribution >= 4 is 43.8 Å². The second-order valence-corrected chi connectivity index (χ2v) is 15.0. The Morgan fingerprint density at radius 3 is 1.45 bits per heavy atom. The van der Waals surface area contributed by atoms with Gasteiger partial charge in [0.1, 0.15) is 0 Å². The van der Waals surface area contributed by atoms with Crippen molar-refractivity contribution < 1.29 is 13.0 Å². The van der Waals surface area contributed by atoms with Crippen LogP contribution >= 0.6 is 0 Å². The van der Waals surface area contributed by atoms with Crippen LogP contribution in [0.15, 0.2) is 150 Å². The van der Waals surface area contributed by atoms with E-state index in [9.17, 15) is 13.0 Å². The molecule has 0 atom stereocenters. The van der Waals surface area contributed by atoms with Crippen LogP contribution in [0.25, 0.3) is 22.2 Å². The molecule has 0 radical (unpaired) electrons. The van der Waals surface area contributed by atoms with Crippen molar-refractivity contribution in [3.05, 3.63) is 173 Å². The molecule has 0 aliphatic carbocycles. The van der Waals surface area contributed by atoms with Gasteiger partial charge in [0.15, 0.2) is 0 Å². The topological polar surface area (TPSA) is 65.8 Å². The Morgan fingerprint density at radius 1 is 0.604 bits per heavy atom. The zero-order valence-electron chi connectivity index (χ0n) is 30.9. The third-order valence-electron chi connectivity index (χ3n) is 10.2. The van der Waals surface area contributed by atoms with Crippen molar-refractivity contribution in [2.45, 2.75) is 38.5 Å². The van der Waals surface area contributed by atoms with E-state index in [0.29, 0.717) is 0 Å². The first-order valence-corrected chi connectivity index (χ1v) is 19.5. The maximum atomic E-state index is 12.5. The van der Waals surface area contributed by atoms with E-state index in [2.05, 4.69) is 151 Å². The Bertz CT molecular complexity index is 2360. The number of rotatable bonds is 11. The first-order chi connectivity index (χ1) is 25.6. The van der Waals surface area contributed by atoms with Crippen molar-refractivity contribution in [3.8, 4) is 11.3 Å². The lowest BCUT2D eigenvalue weighted by Crippen LogP contribution is -2.16. The molecule has 0 spiro atoms. The van der Waals surface area contributed by atoms with Crippen molar-refractivity contribution in [1.82, 2.24) is 4.57 Å². The minimum absolute atomic E-state index is 0.130. The van der Waals surface area contributed by atoms with Crippen molar-refractivity contribution in [1.29, 1.82) is 0 Å². The largest absolute Gasteiger partial charge is 0.343 e. The van der Waals surface area contributed by atoms with Crippen molar-refractivity contribution in [2.24, 2.45) is 7.05 Å². The molecule has 0 bridgehead atoms. The molecule has 0 amide bonds. The lowest BCUT2D eigenvalue weighted by Gasteiger charge is -2.26. The van der Waals surface area contributed by atoms with Crippen LogP contribution in [0.1, 0.15) is 47.6 Å². The van der Waals surface area contributed by atoms with Gasteiger partial charge >= 0.3 is 0 Å². The second kappa shape index (κ2) is 14.8. The average molecular weight is 720 g/mol. The van der Waals surface area contributed by atoms with E-state index in [1.165, 1.54) is 17.2 Å². The molecule has 1 heterocycles. The number of fused-ring (bicyclic) bond motifs is 1. The summed E-state index contributed by atoms with van der Waals surface area (Å²) in [4.78, 5) is 4.46. The molecule has 53 heavy (non-hydrogen) atoms. The predicted molar refractivity (Wildman–Crippen MR) is 220 cm³/mol. The van der Waals surface area contributed by atoms with E-state index < -0.39 is 10.1 Å². The van der Waals surface area contributed by atoms with Crippen LogP contribution in [-0.2, 0) is 17.2 Å². The van der Waals surface area contributed by atoms with Crippen molar-refractivity contribution in [3.63, 3.8) is 0 Å². The molecule has 0 aliphatic heterocycles. The highest BCUT2D eigenvalue weighted by Gasteiger charge is 2.28. The van der Waals surface area contributed by atoms with Crippen LogP contribution in [0.2, 0.25) is 0 Å². The molecular weight excluding hydrogens is 675 g/mol. The van der Waals surface area contributed by atoms with E-state index in [-0.39, 0.29) is 10.8 Å². The average Bonchev–Trinajstić information content (AvgIpc) is 3.46. The summed E-state index contributed by atoms with van der Waals surface area (Å²) in [6.07, 6.45) is 0. The van der Waals surface area contributed by atoms with Crippen LogP contribution in [0.5, 0.6) is 0 Å². The minimum atomic E-state index is -4.45. The Balaban J connectivity index is 1.44. The molecule has 6 nitrogen and oxygen atoms in total. The summed E-state index contributed by atoms with van der Waals surface area (Å²) < 4.78 is 37.4. The fraction of sp³-hybridized carbons (Fsp3) is 0.174. The quantitative estimate of drug-likeness (QED) is 0.135. The Labute approximate surface area is 313 Å². The highest BCUT2D eigenvalue weighted by molar-refractivity contribution is 7.85. The van der Waals surface area contributed by atoms with Gasteiger partial charge in [-0.1, -0.05) is 90.0 Å². The summed E-state index contributed by atoms with van der Waals surface area (Å²) >= 11 is 0. The van der Waals surface area contributed by atoms with Crippen LogP contribution in [0.3, 0.4) is 0 Å². The number of benzene rings is 6.